The molecular formula is C16H16ClFN2O. The molecule has 2 rings (SSSR count). The van der Waals surface area contributed by atoms with Crippen LogP contribution in [0.3, 0.4) is 0 Å². The number of carbonyl (C=O) groups is 1. The van der Waals surface area contributed by atoms with E-state index < -0.39 is 5.82 Å². The molecule has 1 amide bonds. The highest BCUT2D eigenvalue weighted by Crippen LogP contribution is 2.24. The molecule has 0 saturated carbocycles. The van der Waals surface area contributed by atoms with E-state index in [4.69, 9.17) is 17.3 Å². The van der Waals surface area contributed by atoms with E-state index in [9.17, 15) is 9.18 Å². The Hall–Kier alpha value is -2.07. The van der Waals surface area contributed by atoms with Crippen molar-refractivity contribution in [3.8, 4) is 0 Å². The second kappa shape index (κ2) is 6.14. The van der Waals surface area contributed by atoms with Crippen molar-refractivity contribution in [2.75, 3.05) is 12.8 Å². The fourth-order valence-electron chi connectivity index (χ4n) is 2.05. The Morgan fingerprint density at radius 1 is 1.29 bits per heavy atom. The molecule has 0 fully saturated rings. The van der Waals surface area contributed by atoms with Gasteiger partial charge in [0, 0.05) is 18.3 Å². The molecule has 0 saturated heterocycles. The smallest absolute Gasteiger partial charge is 0.254 e. The van der Waals surface area contributed by atoms with Crippen LogP contribution in [0, 0.1) is 5.82 Å². The molecule has 2 aromatic rings. The van der Waals surface area contributed by atoms with Crippen molar-refractivity contribution in [2.24, 2.45) is 0 Å². The molecular weight excluding hydrogens is 291 g/mol. The number of anilines is 1. The SMILES string of the molecule is CC(c1cccc(N)c1)N(C)C(=O)c1ccc(F)c(Cl)c1. The lowest BCUT2D eigenvalue weighted by Gasteiger charge is -2.25. The first-order chi connectivity index (χ1) is 9.90. The molecule has 110 valence electrons. The zero-order chi connectivity index (χ0) is 15.6. The predicted octanol–water partition coefficient (Wildman–Crippen LogP) is 3.89. The molecule has 3 nitrogen and oxygen atoms in total. The van der Waals surface area contributed by atoms with Crippen LogP contribution in [0.25, 0.3) is 0 Å². The van der Waals surface area contributed by atoms with Crippen LogP contribution in [0.2, 0.25) is 5.02 Å². The van der Waals surface area contributed by atoms with E-state index >= 15 is 0 Å². The Labute approximate surface area is 128 Å². The molecule has 0 radical (unpaired) electrons. The van der Waals surface area contributed by atoms with E-state index in [0.717, 1.165) is 5.56 Å². The lowest BCUT2D eigenvalue weighted by molar-refractivity contribution is 0.0742. The maximum atomic E-state index is 13.2. The maximum absolute atomic E-state index is 13.2. The summed E-state index contributed by atoms with van der Waals surface area (Å²) in [5.41, 5.74) is 7.68. The van der Waals surface area contributed by atoms with Crippen LogP contribution in [0.1, 0.15) is 28.9 Å². The van der Waals surface area contributed by atoms with Crippen LogP contribution < -0.4 is 5.73 Å². The van der Waals surface area contributed by atoms with Gasteiger partial charge < -0.3 is 10.6 Å². The minimum Gasteiger partial charge on any atom is -0.399 e. The molecule has 21 heavy (non-hydrogen) atoms. The average molecular weight is 307 g/mol. The fourth-order valence-corrected chi connectivity index (χ4v) is 2.23. The molecule has 2 aromatic carbocycles. The third-order valence-corrected chi connectivity index (χ3v) is 3.75. The van der Waals surface area contributed by atoms with Crippen molar-refractivity contribution in [1.29, 1.82) is 0 Å². The minimum absolute atomic E-state index is 0.0640. The van der Waals surface area contributed by atoms with E-state index in [1.54, 1.807) is 18.0 Å². The summed E-state index contributed by atoms with van der Waals surface area (Å²) in [5, 5.41) is -0.0640. The average Bonchev–Trinajstić information content (AvgIpc) is 2.47. The maximum Gasteiger partial charge on any atom is 0.254 e. The summed E-state index contributed by atoms with van der Waals surface area (Å²) >= 11 is 5.72. The number of amides is 1. The highest BCUT2D eigenvalue weighted by molar-refractivity contribution is 6.31. The third kappa shape index (κ3) is 3.34. The van der Waals surface area contributed by atoms with Gasteiger partial charge in [0.15, 0.2) is 0 Å². The Morgan fingerprint density at radius 2 is 2.00 bits per heavy atom. The van der Waals surface area contributed by atoms with Gasteiger partial charge in [0.1, 0.15) is 5.82 Å². The van der Waals surface area contributed by atoms with Crippen molar-refractivity contribution >= 4 is 23.2 Å². The number of nitrogens with zero attached hydrogens (tertiary/aromatic N) is 1. The molecule has 0 spiro atoms. The monoisotopic (exact) mass is 306 g/mol. The van der Waals surface area contributed by atoms with E-state index in [1.807, 2.05) is 25.1 Å². The molecule has 0 aliphatic rings. The van der Waals surface area contributed by atoms with Crippen molar-refractivity contribution in [2.45, 2.75) is 13.0 Å². The van der Waals surface area contributed by atoms with Crippen molar-refractivity contribution in [3.63, 3.8) is 0 Å². The molecule has 0 aromatic heterocycles. The van der Waals surface area contributed by atoms with Gasteiger partial charge in [-0.05, 0) is 42.8 Å². The van der Waals surface area contributed by atoms with Gasteiger partial charge in [-0.3, -0.25) is 4.79 Å². The summed E-state index contributed by atoms with van der Waals surface area (Å²) in [5.74, 6) is -0.772. The fraction of sp³-hybridized carbons (Fsp3) is 0.188. The summed E-state index contributed by atoms with van der Waals surface area (Å²) in [6.45, 7) is 1.90. The first-order valence-electron chi connectivity index (χ1n) is 6.48. The van der Waals surface area contributed by atoms with Gasteiger partial charge in [0.05, 0.1) is 11.1 Å². The van der Waals surface area contributed by atoms with Gasteiger partial charge in [-0.25, -0.2) is 4.39 Å². The molecule has 1 atom stereocenters. The second-order valence-electron chi connectivity index (χ2n) is 4.89. The van der Waals surface area contributed by atoms with Crippen LogP contribution in [0.5, 0.6) is 0 Å². The van der Waals surface area contributed by atoms with Crippen LogP contribution in [0.15, 0.2) is 42.5 Å². The topological polar surface area (TPSA) is 46.3 Å². The van der Waals surface area contributed by atoms with E-state index in [0.29, 0.717) is 11.3 Å². The molecule has 5 heteroatoms. The van der Waals surface area contributed by atoms with Gasteiger partial charge in [-0.1, -0.05) is 23.7 Å². The predicted molar refractivity (Wildman–Crippen MR) is 82.8 cm³/mol. The standard InChI is InChI=1S/C16H16ClFN2O/c1-10(11-4-3-5-13(19)8-11)20(2)16(21)12-6-7-15(18)14(17)9-12/h3-10H,19H2,1-2H3. The molecule has 0 aliphatic carbocycles. The van der Waals surface area contributed by atoms with Crippen molar-refractivity contribution in [1.82, 2.24) is 4.90 Å². The zero-order valence-corrected chi connectivity index (χ0v) is 12.6. The molecule has 0 heterocycles. The third-order valence-electron chi connectivity index (χ3n) is 3.46. The van der Waals surface area contributed by atoms with Crippen LogP contribution in [-0.2, 0) is 0 Å². The van der Waals surface area contributed by atoms with E-state index in [-0.39, 0.29) is 17.0 Å². The van der Waals surface area contributed by atoms with Crippen LogP contribution in [-0.4, -0.2) is 17.9 Å². The second-order valence-corrected chi connectivity index (χ2v) is 5.30. The molecule has 2 N–H and O–H groups in total. The number of hydrogen-bond acceptors (Lipinski definition) is 2. The quantitative estimate of drug-likeness (QED) is 0.874. The summed E-state index contributed by atoms with van der Waals surface area (Å²) < 4.78 is 13.2. The number of hydrogen-bond donors (Lipinski definition) is 1. The lowest BCUT2D eigenvalue weighted by atomic mass is 10.1. The Balaban J connectivity index is 2.24. The number of nitrogen functional groups attached to an aromatic ring is 1. The number of nitrogens with two attached hydrogens (primary N) is 1. The number of benzene rings is 2. The number of halogens is 2. The van der Waals surface area contributed by atoms with Gasteiger partial charge in [-0.2, -0.15) is 0 Å². The van der Waals surface area contributed by atoms with Crippen molar-refractivity contribution in [3.05, 3.63) is 64.4 Å². The van der Waals surface area contributed by atoms with E-state index in [1.165, 1.54) is 18.2 Å². The minimum atomic E-state index is -0.542. The lowest BCUT2D eigenvalue weighted by Crippen LogP contribution is -2.29. The normalized spacial score (nSPS) is 12.0. The Morgan fingerprint density at radius 3 is 2.62 bits per heavy atom. The highest BCUT2D eigenvalue weighted by atomic mass is 35.5. The van der Waals surface area contributed by atoms with Crippen LogP contribution >= 0.6 is 11.6 Å². The summed E-state index contributed by atoms with van der Waals surface area (Å²) in [6.07, 6.45) is 0. The molecule has 0 bridgehead atoms. The van der Waals surface area contributed by atoms with Gasteiger partial charge in [0.2, 0.25) is 0 Å². The summed E-state index contributed by atoms with van der Waals surface area (Å²) in [6, 6.07) is 11.1. The highest BCUT2D eigenvalue weighted by Gasteiger charge is 2.19. The zero-order valence-electron chi connectivity index (χ0n) is 11.8. The first kappa shape index (κ1) is 15.3. The Bertz CT molecular complexity index is 675. The number of rotatable bonds is 3. The van der Waals surface area contributed by atoms with Crippen molar-refractivity contribution < 1.29 is 9.18 Å². The Kier molecular flexibility index (Phi) is 4.48. The largest absolute Gasteiger partial charge is 0.399 e. The van der Waals surface area contributed by atoms with Gasteiger partial charge >= 0.3 is 0 Å². The molecule has 1 unspecified atom stereocenters. The van der Waals surface area contributed by atoms with E-state index in [2.05, 4.69) is 0 Å². The first-order valence-corrected chi connectivity index (χ1v) is 6.85. The molecule has 0 aliphatic heterocycles. The van der Waals surface area contributed by atoms with Gasteiger partial charge in [-0.15, -0.1) is 0 Å². The van der Waals surface area contributed by atoms with Gasteiger partial charge in [0.25, 0.3) is 5.91 Å². The summed E-state index contributed by atoms with van der Waals surface area (Å²) in [7, 11) is 1.69. The number of carbonyl (C=O) groups excluding carboxylic acids is 1. The van der Waals surface area contributed by atoms with Crippen LogP contribution in [0.4, 0.5) is 10.1 Å². The summed E-state index contributed by atoms with van der Waals surface area (Å²) in [4.78, 5) is 14.0.